The van der Waals surface area contributed by atoms with Crippen molar-refractivity contribution in [1.82, 2.24) is 9.55 Å². The Balaban J connectivity index is 2.18. The minimum absolute atomic E-state index is 0.224. The third-order valence-corrected chi connectivity index (χ3v) is 2.33. The van der Waals surface area contributed by atoms with Crippen LogP contribution in [0.25, 0.3) is 0 Å². The van der Waals surface area contributed by atoms with Gasteiger partial charge in [-0.3, -0.25) is 4.79 Å². The van der Waals surface area contributed by atoms with E-state index in [1.54, 1.807) is 6.20 Å². The van der Waals surface area contributed by atoms with Gasteiger partial charge in [-0.05, 0) is 6.42 Å². The first kappa shape index (κ1) is 9.05. The van der Waals surface area contributed by atoms with E-state index in [4.69, 9.17) is 0 Å². The van der Waals surface area contributed by atoms with Crippen molar-refractivity contribution < 1.29 is 9.53 Å². The highest BCUT2D eigenvalue weighted by molar-refractivity contribution is 5.72. The number of imidazole rings is 1. The molecule has 14 heavy (non-hydrogen) atoms. The van der Waals surface area contributed by atoms with Crippen LogP contribution in [-0.4, -0.2) is 29.2 Å². The molecule has 1 aromatic heterocycles. The zero-order chi connectivity index (χ0) is 9.97. The third-order valence-electron chi connectivity index (χ3n) is 2.33. The van der Waals surface area contributed by atoms with Gasteiger partial charge < -0.3 is 14.6 Å². The van der Waals surface area contributed by atoms with Gasteiger partial charge >= 0.3 is 5.97 Å². The maximum Gasteiger partial charge on any atom is 0.311 e. The highest BCUT2D eigenvalue weighted by Crippen LogP contribution is 2.16. The van der Waals surface area contributed by atoms with E-state index in [0.717, 1.165) is 31.2 Å². The van der Waals surface area contributed by atoms with Crippen molar-refractivity contribution in [2.75, 3.05) is 19.0 Å². The predicted octanol–water partition coefficient (Wildman–Crippen LogP) is 0.414. The van der Waals surface area contributed by atoms with E-state index in [9.17, 15) is 4.79 Å². The number of carbonyl (C=O) groups is 1. The van der Waals surface area contributed by atoms with Gasteiger partial charge in [-0.25, -0.2) is 4.98 Å². The second-order valence-corrected chi connectivity index (χ2v) is 3.26. The van der Waals surface area contributed by atoms with E-state index in [1.165, 1.54) is 7.11 Å². The number of nitrogens with one attached hydrogen (secondary N) is 1. The van der Waals surface area contributed by atoms with Crippen LogP contribution in [0.1, 0.15) is 12.1 Å². The molecule has 0 spiro atoms. The zero-order valence-electron chi connectivity index (χ0n) is 8.12. The van der Waals surface area contributed by atoms with Crippen molar-refractivity contribution in [1.29, 1.82) is 0 Å². The van der Waals surface area contributed by atoms with Gasteiger partial charge in [0.1, 0.15) is 0 Å². The number of hydrogen-bond acceptors (Lipinski definition) is 4. The Morgan fingerprint density at radius 2 is 2.64 bits per heavy atom. The summed E-state index contributed by atoms with van der Waals surface area (Å²) < 4.78 is 6.64. The number of carbonyl (C=O) groups excluding carboxylic acids is 1. The smallest absolute Gasteiger partial charge is 0.311 e. The molecular formula is C9H13N3O2. The molecule has 0 radical (unpaired) electrons. The summed E-state index contributed by atoms with van der Waals surface area (Å²) in [5, 5.41) is 3.17. The first-order valence-corrected chi connectivity index (χ1v) is 4.66. The van der Waals surface area contributed by atoms with Gasteiger partial charge in [-0.1, -0.05) is 0 Å². The second-order valence-electron chi connectivity index (χ2n) is 3.26. The van der Waals surface area contributed by atoms with E-state index in [-0.39, 0.29) is 5.97 Å². The third kappa shape index (κ3) is 1.57. The Hall–Kier alpha value is -1.52. The van der Waals surface area contributed by atoms with Gasteiger partial charge in [0.2, 0.25) is 5.95 Å². The summed E-state index contributed by atoms with van der Waals surface area (Å²) >= 11 is 0. The Bertz CT molecular complexity index is 346. The quantitative estimate of drug-likeness (QED) is 0.695. The molecule has 1 aliphatic heterocycles. The van der Waals surface area contributed by atoms with Crippen molar-refractivity contribution >= 4 is 11.9 Å². The summed E-state index contributed by atoms with van der Waals surface area (Å²) in [6.45, 7) is 1.88. The summed E-state index contributed by atoms with van der Waals surface area (Å²) in [6, 6.07) is 0. The SMILES string of the molecule is COC(=O)Cc1cnc2n1CCCN2. The Labute approximate surface area is 82.1 Å². The predicted molar refractivity (Wildman–Crippen MR) is 51.1 cm³/mol. The Morgan fingerprint density at radius 3 is 3.43 bits per heavy atom. The molecule has 0 aromatic carbocycles. The van der Waals surface area contributed by atoms with Gasteiger partial charge in [0.25, 0.3) is 0 Å². The van der Waals surface area contributed by atoms with Crippen molar-refractivity contribution in [3.63, 3.8) is 0 Å². The molecule has 2 heterocycles. The van der Waals surface area contributed by atoms with Crippen molar-refractivity contribution in [2.24, 2.45) is 0 Å². The average Bonchev–Trinajstić information content (AvgIpc) is 2.62. The van der Waals surface area contributed by atoms with Crippen LogP contribution in [0.5, 0.6) is 0 Å². The lowest BCUT2D eigenvalue weighted by atomic mass is 10.3. The van der Waals surface area contributed by atoms with Crippen LogP contribution in [0.15, 0.2) is 6.20 Å². The van der Waals surface area contributed by atoms with Gasteiger partial charge in [0.15, 0.2) is 0 Å². The molecule has 76 valence electrons. The molecule has 0 unspecified atom stereocenters. The monoisotopic (exact) mass is 195 g/mol. The lowest BCUT2D eigenvalue weighted by Crippen LogP contribution is -2.20. The Morgan fingerprint density at radius 1 is 1.79 bits per heavy atom. The minimum Gasteiger partial charge on any atom is -0.469 e. The van der Waals surface area contributed by atoms with Crippen LogP contribution in [-0.2, 0) is 22.5 Å². The van der Waals surface area contributed by atoms with E-state index in [1.807, 2.05) is 4.57 Å². The maximum absolute atomic E-state index is 11.1. The summed E-state index contributed by atoms with van der Waals surface area (Å²) in [5.41, 5.74) is 0.916. The highest BCUT2D eigenvalue weighted by Gasteiger charge is 2.15. The Kier molecular flexibility index (Phi) is 2.39. The number of rotatable bonds is 2. The number of ether oxygens (including phenoxy) is 1. The number of hydrogen-bond donors (Lipinski definition) is 1. The molecule has 0 atom stereocenters. The normalized spacial score (nSPS) is 14.4. The minimum atomic E-state index is -0.224. The second kappa shape index (κ2) is 3.69. The molecule has 0 fully saturated rings. The van der Waals surface area contributed by atoms with E-state index < -0.39 is 0 Å². The summed E-state index contributed by atoms with van der Waals surface area (Å²) in [5.74, 6) is 0.633. The molecule has 1 aromatic rings. The highest BCUT2D eigenvalue weighted by atomic mass is 16.5. The molecule has 0 saturated heterocycles. The fraction of sp³-hybridized carbons (Fsp3) is 0.556. The molecule has 0 amide bonds. The summed E-state index contributed by atoms with van der Waals surface area (Å²) in [4.78, 5) is 15.3. The number of nitrogens with zero attached hydrogens (tertiary/aromatic N) is 2. The van der Waals surface area contributed by atoms with Crippen LogP contribution >= 0.6 is 0 Å². The molecule has 2 rings (SSSR count). The lowest BCUT2D eigenvalue weighted by Gasteiger charge is -2.17. The van der Waals surface area contributed by atoms with Crippen LogP contribution < -0.4 is 5.32 Å². The molecule has 1 N–H and O–H groups in total. The molecular weight excluding hydrogens is 182 g/mol. The standard InChI is InChI=1S/C9H13N3O2/c1-14-8(13)5-7-6-11-9-10-3-2-4-12(7)9/h6H,2-5H2,1H3,(H,10,11). The molecule has 0 aliphatic carbocycles. The maximum atomic E-state index is 11.1. The molecule has 0 bridgehead atoms. The first-order valence-electron chi connectivity index (χ1n) is 4.66. The van der Waals surface area contributed by atoms with E-state index >= 15 is 0 Å². The van der Waals surface area contributed by atoms with Crippen LogP contribution in [0.2, 0.25) is 0 Å². The number of anilines is 1. The molecule has 0 saturated carbocycles. The fourth-order valence-electron chi connectivity index (χ4n) is 1.60. The van der Waals surface area contributed by atoms with Crippen molar-refractivity contribution in [3.8, 4) is 0 Å². The molecule has 5 nitrogen and oxygen atoms in total. The topological polar surface area (TPSA) is 56.1 Å². The fourth-order valence-corrected chi connectivity index (χ4v) is 1.60. The van der Waals surface area contributed by atoms with Crippen molar-refractivity contribution in [2.45, 2.75) is 19.4 Å². The van der Waals surface area contributed by atoms with Crippen molar-refractivity contribution in [3.05, 3.63) is 11.9 Å². The average molecular weight is 195 g/mol. The summed E-state index contributed by atoms with van der Waals surface area (Å²) in [7, 11) is 1.40. The largest absolute Gasteiger partial charge is 0.469 e. The zero-order valence-corrected chi connectivity index (χ0v) is 8.12. The van der Waals surface area contributed by atoms with Crippen LogP contribution in [0.3, 0.4) is 0 Å². The van der Waals surface area contributed by atoms with Gasteiger partial charge in [-0.15, -0.1) is 0 Å². The number of aromatic nitrogens is 2. The number of fused-ring (bicyclic) bond motifs is 1. The van der Waals surface area contributed by atoms with Gasteiger partial charge in [-0.2, -0.15) is 0 Å². The first-order chi connectivity index (χ1) is 6.81. The van der Waals surface area contributed by atoms with E-state index in [2.05, 4.69) is 15.0 Å². The summed E-state index contributed by atoms with van der Waals surface area (Å²) in [6.07, 6.45) is 3.09. The number of esters is 1. The molecule has 1 aliphatic rings. The van der Waals surface area contributed by atoms with Crippen LogP contribution in [0, 0.1) is 0 Å². The van der Waals surface area contributed by atoms with Crippen LogP contribution in [0.4, 0.5) is 5.95 Å². The van der Waals surface area contributed by atoms with Gasteiger partial charge in [0.05, 0.1) is 25.4 Å². The molecule has 5 heteroatoms. The number of methoxy groups -OCH3 is 1. The van der Waals surface area contributed by atoms with E-state index in [0.29, 0.717) is 6.42 Å². The lowest BCUT2D eigenvalue weighted by molar-refractivity contribution is -0.139. The van der Waals surface area contributed by atoms with Gasteiger partial charge in [0, 0.05) is 13.1 Å².